The van der Waals surface area contributed by atoms with E-state index in [-0.39, 0.29) is 6.61 Å². The molecule has 1 aliphatic carbocycles. The molecule has 134 valence electrons. The van der Waals surface area contributed by atoms with Crippen LogP contribution in [0.25, 0.3) is 0 Å². The van der Waals surface area contributed by atoms with Gasteiger partial charge >= 0.3 is 0 Å². The fourth-order valence-electron chi connectivity index (χ4n) is 3.72. The second-order valence-electron chi connectivity index (χ2n) is 7.14. The lowest BCUT2D eigenvalue weighted by atomic mass is 10.0. The quantitative estimate of drug-likeness (QED) is 0.841. The Kier molecular flexibility index (Phi) is 6.39. The Bertz CT molecular complexity index is 502. The maximum atomic E-state index is 11.0. The van der Waals surface area contributed by atoms with Crippen LogP contribution in [0.15, 0.2) is 24.3 Å². The molecule has 1 aromatic rings. The van der Waals surface area contributed by atoms with E-state index in [0.717, 1.165) is 12.3 Å². The maximum Gasteiger partial charge on any atom is 0.134 e. The Morgan fingerprint density at radius 2 is 1.88 bits per heavy atom. The Balaban J connectivity index is 1.60. The zero-order valence-electron chi connectivity index (χ0n) is 14.3. The zero-order chi connectivity index (χ0) is 16.8. The first-order chi connectivity index (χ1) is 11.6. The summed E-state index contributed by atoms with van der Waals surface area (Å²) in [6.07, 6.45) is 7.72. The van der Waals surface area contributed by atoms with Gasteiger partial charge in [-0.05, 0) is 37.1 Å². The first kappa shape index (κ1) is 18.0. The monoisotopic (exact) mass is 353 g/mol. The molecule has 2 fully saturated rings. The molecule has 1 N–H and O–H groups in total. The molecule has 0 amide bonds. The van der Waals surface area contributed by atoms with Crippen LogP contribution in [-0.4, -0.2) is 54.6 Å². The van der Waals surface area contributed by atoms with Gasteiger partial charge in [-0.25, -0.2) is 0 Å². The van der Waals surface area contributed by atoms with Crippen LogP contribution in [0, 0.1) is 0 Å². The number of aliphatic hydroxyl groups is 1. The summed E-state index contributed by atoms with van der Waals surface area (Å²) in [5, 5.41) is 11.7. The Morgan fingerprint density at radius 3 is 2.58 bits per heavy atom. The van der Waals surface area contributed by atoms with E-state index in [1.165, 1.54) is 38.5 Å². The summed E-state index contributed by atoms with van der Waals surface area (Å²) >= 11 is 5.90. The van der Waals surface area contributed by atoms with E-state index in [1.54, 1.807) is 12.1 Å². The minimum Gasteiger partial charge on any atom is -0.490 e. The highest BCUT2D eigenvalue weighted by Crippen LogP contribution is 2.25. The van der Waals surface area contributed by atoms with Gasteiger partial charge < -0.3 is 14.6 Å². The minimum absolute atomic E-state index is 0.234. The zero-order valence-corrected chi connectivity index (χ0v) is 15.0. The van der Waals surface area contributed by atoms with Gasteiger partial charge in [0.1, 0.15) is 18.0 Å². The SMILES string of the molecule is OC1(COc2ccc(Cl)cc2)COCCN(C2CCCCCC2)C1. The molecule has 1 unspecified atom stereocenters. The summed E-state index contributed by atoms with van der Waals surface area (Å²) in [7, 11) is 0. The molecule has 1 atom stereocenters. The van der Waals surface area contributed by atoms with Gasteiger partial charge in [-0.1, -0.05) is 37.3 Å². The van der Waals surface area contributed by atoms with E-state index >= 15 is 0 Å². The Morgan fingerprint density at radius 1 is 1.17 bits per heavy atom. The van der Waals surface area contributed by atoms with Crippen LogP contribution >= 0.6 is 11.6 Å². The summed E-state index contributed by atoms with van der Waals surface area (Å²) in [6.45, 7) is 2.75. The molecular formula is C19H28ClNO3. The number of rotatable bonds is 4. The molecule has 1 saturated carbocycles. The van der Waals surface area contributed by atoms with Crippen LogP contribution < -0.4 is 4.74 Å². The Labute approximate surface area is 149 Å². The molecule has 3 rings (SSSR count). The van der Waals surface area contributed by atoms with Crippen molar-refractivity contribution in [2.75, 3.05) is 32.9 Å². The lowest BCUT2D eigenvalue weighted by Crippen LogP contribution is -2.51. The van der Waals surface area contributed by atoms with Crippen molar-refractivity contribution in [1.82, 2.24) is 4.90 Å². The van der Waals surface area contributed by atoms with Crippen molar-refractivity contribution in [3.8, 4) is 5.75 Å². The normalized spacial score (nSPS) is 27.4. The lowest BCUT2D eigenvalue weighted by Gasteiger charge is -2.35. The van der Waals surface area contributed by atoms with Gasteiger partial charge in [0.05, 0.1) is 13.2 Å². The molecule has 1 heterocycles. The van der Waals surface area contributed by atoms with Crippen molar-refractivity contribution >= 4 is 11.6 Å². The number of hydrogen-bond donors (Lipinski definition) is 1. The molecule has 24 heavy (non-hydrogen) atoms. The number of hydrogen-bond acceptors (Lipinski definition) is 4. The van der Waals surface area contributed by atoms with Crippen LogP contribution in [0.4, 0.5) is 0 Å². The maximum absolute atomic E-state index is 11.0. The topological polar surface area (TPSA) is 41.9 Å². The third kappa shape index (κ3) is 5.09. The van der Waals surface area contributed by atoms with Crippen molar-refractivity contribution in [1.29, 1.82) is 0 Å². The highest BCUT2D eigenvalue weighted by molar-refractivity contribution is 6.30. The van der Waals surface area contributed by atoms with Crippen molar-refractivity contribution in [2.45, 2.75) is 50.2 Å². The Hall–Kier alpha value is -0.810. The van der Waals surface area contributed by atoms with Crippen LogP contribution in [0.3, 0.4) is 0 Å². The number of ether oxygens (including phenoxy) is 2. The first-order valence-electron chi connectivity index (χ1n) is 9.07. The first-order valence-corrected chi connectivity index (χ1v) is 9.45. The molecule has 0 radical (unpaired) electrons. The van der Waals surface area contributed by atoms with Gasteiger partial charge in [-0.15, -0.1) is 0 Å². The predicted molar refractivity (Wildman–Crippen MR) is 95.8 cm³/mol. The molecule has 5 heteroatoms. The molecule has 0 aromatic heterocycles. The molecule has 0 spiro atoms. The van der Waals surface area contributed by atoms with E-state index in [1.807, 2.05) is 12.1 Å². The van der Waals surface area contributed by atoms with Gasteiger partial charge in [-0.2, -0.15) is 0 Å². The largest absolute Gasteiger partial charge is 0.490 e. The second-order valence-corrected chi connectivity index (χ2v) is 7.57. The number of nitrogens with zero attached hydrogens (tertiary/aromatic N) is 1. The van der Waals surface area contributed by atoms with Gasteiger partial charge in [0, 0.05) is 24.2 Å². The number of halogens is 1. The molecule has 1 aliphatic heterocycles. The summed E-state index contributed by atoms with van der Waals surface area (Å²) in [6, 6.07) is 7.81. The van der Waals surface area contributed by atoms with Crippen molar-refractivity contribution in [3.05, 3.63) is 29.3 Å². The summed E-state index contributed by atoms with van der Waals surface area (Å²) < 4.78 is 11.5. The molecular weight excluding hydrogens is 326 g/mol. The highest BCUT2D eigenvalue weighted by atomic mass is 35.5. The average Bonchev–Trinajstić information content (AvgIpc) is 2.96. The van der Waals surface area contributed by atoms with E-state index in [2.05, 4.69) is 4.90 Å². The van der Waals surface area contributed by atoms with Crippen LogP contribution in [-0.2, 0) is 4.74 Å². The van der Waals surface area contributed by atoms with E-state index in [0.29, 0.717) is 30.8 Å². The third-order valence-electron chi connectivity index (χ3n) is 5.05. The van der Waals surface area contributed by atoms with Crippen LogP contribution in [0.5, 0.6) is 5.75 Å². The van der Waals surface area contributed by atoms with E-state index in [4.69, 9.17) is 21.1 Å². The van der Waals surface area contributed by atoms with Crippen molar-refractivity contribution in [2.24, 2.45) is 0 Å². The summed E-state index contributed by atoms with van der Waals surface area (Å²) in [4.78, 5) is 2.42. The molecule has 1 aromatic carbocycles. The highest BCUT2D eigenvalue weighted by Gasteiger charge is 2.36. The predicted octanol–water partition coefficient (Wildman–Crippen LogP) is 3.50. The molecule has 0 bridgehead atoms. The third-order valence-corrected chi connectivity index (χ3v) is 5.31. The van der Waals surface area contributed by atoms with Gasteiger partial charge in [0.25, 0.3) is 0 Å². The summed E-state index contributed by atoms with van der Waals surface area (Å²) in [5.74, 6) is 0.720. The van der Waals surface area contributed by atoms with Gasteiger partial charge in [0.2, 0.25) is 0 Å². The average molecular weight is 354 g/mol. The minimum atomic E-state index is -0.970. The standard InChI is InChI=1S/C19H28ClNO3/c20-16-7-9-18(10-8-16)24-15-19(22)13-21(11-12-23-14-19)17-5-3-1-2-4-6-17/h7-10,17,22H,1-6,11-15H2. The van der Waals surface area contributed by atoms with E-state index in [9.17, 15) is 5.11 Å². The lowest BCUT2D eigenvalue weighted by molar-refractivity contribution is -0.0675. The molecule has 1 saturated heterocycles. The van der Waals surface area contributed by atoms with Crippen molar-refractivity contribution < 1.29 is 14.6 Å². The van der Waals surface area contributed by atoms with Crippen LogP contribution in [0.2, 0.25) is 5.02 Å². The van der Waals surface area contributed by atoms with Gasteiger partial charge in [0.15, 0.2) is 0 Å². The van der Waals surface area contributed by atoms with Crippen LogP contribution in [0.1, 0.15) is 38.5 Å². The number of β-amino-alcohol motifs (C(OH)–C–C–N with tert-alkyl or cyclic N) is 1. The molecule has 2 aliphatic rings. The fraction of sp³-hybridized carbons (Fsp3) is 0.684. The van der Waals surface area contributed by atoms with Crippen molar-refractivity contribution in [3.63, 3.8) is 0 Å². The number of benzene rings is 1. The fourth-order valence-corrected chi connectivity index (χ4v) is 3.84. The van der Waals surface area contributed by atoms with E-state index < -0.39 is 5.60 Å². The van der Waals surface area contributed by atoms with Gasteiger partial charge in [-0.3, -0.25) is 4.90 Å². The summed E-state index contributed by atoms with van der Waals surface area (Å²) in [5.41, 5.74) is -0.970. The smallest absolute Gasteiger partial charge is 0.134 e. The molecule has 4 nitrogen and oxygen atoms in total. The second kappa shape index (κ2) is 8.52.